The van der Waals surface area contributed by atoms with Crippen molar-refractivity contribution in [2.45, 2.75) is 38.6 Å². The molecule has 8 nitrogen and oxygen atoms in total. The van der Waals surface area contributed by atoms with Crippen molar-refractivity contribution in [2.75, 3.05) is 32.7 Å². The highest BCUT2D eigenvalue weighted by Gasteiger charge is 2.49. The molecule has 1 unspecified atom stereocenters. The standard InChI is InChI=1S/C22H28N4O4/c1-15-6-8-17(9-7-15)22(2)20(29)26(21(30)23-22)14-18(27)24-10-12-25(13-11-24)19(28)16-4-3-5-16/h6-9,16H,3-5,10-14H2,1-2H3,(H,23,30). The van der Waals surface area contributed by atoms with Gasteiger partial charge in [0.1, 0.15) is 12.1 Å². The molecule has 1 N–H and O–H groups in total. The first-order valence-corrected chi connectivity index (χ1v) is 10.6. The fourth-order valence-electron chi connectivity index (χ4n) is 4.25. The van der Waals surface area contributed by atoms with Crippen LogP contribution >= 0.6 is 0 Å². The molecule has 1 aromatic carbocycles. The predicted octanol–water partition coefficient (Wildman–Crippen LogP) is 1.23. The van der Waals surface area contributed by atoms with Crippen LogP contribution in [0.3, 0.4) is 0 Å². The Morgan fingerprint density at radius 3 is 2.20 bits per heavy atom. The summed E-state index contributed by atoms with van der Waals surface area (Å²) in [5.41, 5.74) is 0.560. The summed E-state index contributed by atoms with van der Waals surface area (Å²) in [5, 5.41) is 2.74. The van der Waals surface area contributed by atoms with E-state index >= 15 is 0 Å². The Morgan fingerprint density at radius 2 is 1.63 bits per heavy atom. The minimum atomic E-state index is -1.18. The third-order valence-corrected chi connectivity index (χ3v) is 6.60. The first kappa shape index (κ1) is 20.4. The molecule has 4 rings (SSSR count). The normalized spacial score (nSPS) is 24.7. The van der Waals surface area contributed by atoms with E-state index in [9.17, 15) is 19.2 Å². The van der Waals surface area contributed by atoms with Crippen LogP contribution in [0.25, 0.3) is 0 Å². The summed E-state index contributed by atoms with van der Waals surface area (Å²) < 4.78 is 0. The fourth-order valence-corrected chi connectivity index (χ4v) is 4.25. The first-order valence-electron chi connectivity index (χ1n) is 10.6. The molecule has 2 heterocycles. The number of benzene rings is 1. The lowest BCUT2D eigenvalue weighted by Crippen LogP contribution is -2.54. The van der Waals surface area contributed by atoms with Gasteiger partial charge in [0.2, 0.25) is 11.8 Å². The smallest absolute Gasteiger partial charge is 0.325 e. The zero-order valence-electron chi connectivity index (χ0n) is 17.5. The molecule has 2 saturated heterocycles. The third-order valence-electron chi connectivity index (χ3n) is 6.60. The monoisotopic (exact) mass is 412 g/mol. The second-order valence-corrected chi connectivity index (χ2v) is 8.65. The number of imide groups is 1. The van der Waals surface area contributed by atoms with Gasteiger partial charge in [0.25, 0.3) is 5.91 Å². The highest BCUT2D eigenvalue weighted by atomic mass is 16.2. The van der Waals surface area contributed by atoms with Crippen LogP contribution in [0.15, 0.2) is 24.3 Å². The topological polar surface area (TPSA) is 90.0 Å². The van der Waals surface area contributed by atoms with Gasteiger partial charge in [-0.3, -0.25) is 19.3 Å². The molecule has 1 aliphatic carbocycles. The summed E-state index contributed by atoms with van der Waals surface area (Å²) in [6.45, 7) is 5.18. The van der Waals surface area contributed by atoms with Crippen LogP contribution in [0.1, 0.15) is 37.3 Å². The minimum Gasteiger partial charge on any atom is -0.339 e. The number of amides is 5. The van der Waals surface area contributed by atoms with E-state index in [2.05, 4.69) is 5.32 Å². The molecule has 0 aromatic heterocycles. The van der Waals surface area contributed by atoms with Crippen LogP contribution in [0.2, 0.25) is 0 Å². The molecule has 3 fully saturated rings. The van der Waals surface area contributed by atoms with Gasteiger partial charge in [-0.1, -0.05) is 36.2 Å². The molecule has 2 aliphatic heterocycles. The Kier molecular flexibility index (Phi) is 5.26. The van der Waals surface area contributed by atoms with Crippen LogP contribution in [0.5, 0.6) is 0 Å². The molecule has 5 amide bonds. The van der Waals surface area contributed by atoms with Gasteiger partial charge < -0.3 is 15.1 Å². The van der Waals surface area contributed by atoms with Crippen LogP contribution in [-0.2, 0) is 19.9 Å². The van der Waals surface area contributed by atoms with E-state index in [0.29, 0.717) is 31.7 Å². The fraction of sp³-hybridized carbons (Fsp3) is 0.545. The Bertz CT molecular complexity index is 872. The number of hydrogen-bond donors (Lipinski definition) is 1. The van der Waals surface area contributed by atoms with Gasteiger partial charge in [0, 0.05) is 32.1 Å². The molecule has 160 valence electrons. The minimum absolute atomic E-state index is 0.151. The van der Waals surface area contributed by atoms with Gasteiger partial charge in [-0.15, -0.1) is 0 Å². The third kappa shape index (κ3) is 3.55. The maximum atomic E-state index is 13.0. The highest BCUT2D eigenvalue weighted by molar-refractivity contribution is 6.09. The summed E-state index contributed by atoms with van der Waals surface area (Å²) in [6, 6.07) is 6.85. The molecule has 0 spiro atoms. The number of piperazine rings is 1. The van der Waals surface area contributed by atoms with Gasteiger partial charge in [-0.05, 0) is 32.3 Å². The number of urea groups is 1. The number of nitrogens with zero attached hydrogens (tertiary/aromatic N) is 3. The van der Waals surface area contributed by atoms with E-state index in [0.717, 1.165) is 29.7 Å². The molecule has 0 radical (unpaired) electrons. The number of carbonyl (C=O) groups is 4. The van der Waals surface area contributed by atoms with Crippen LogP contribution in [-0.4, -0.2) is 71.2 Å². The van der Waals surface area contributed by atoms with Crippen LogP contribution in [0, 0.1) is 12.8 Å². The molecule has 1 saturated carbocycles. The second-order valence-electron chi connectivity index (χ2n) is 8.65. The van der Waals surface area contributed by atoms with E-state index in [4.69, 9.17) is 0 Å². The molecular weight excluding hydrogens is 384 g/mol. The van der Waals surface area contributed by atoms with Crippen molar-refractivity contribution in [3.8, 4) is 0 Å². The van der Waals surface area contributed by atoms with Crippen molar-refractivity contribution in [1.29, 1.82) is 0 Å². The van der Waals surface area contributed by atoms with E-state index in [1.54, 1.807) is 11.8 Å². The molecule has 3 aliphatic rings. The summed E-state index contributed by atoms with van der Waals surface area (Å²) in [7, 11) is 0. The van der Waals surface area contributed by atoms with Gasteiger partial charge in [0.15, 0.2) is 0 Å². The zero-order chi connectivity index (χ0) is 21.5. The lowest BCUT2D eigenvalue weighted by molar-refractivity contribution is -0.145. The summed E-state index contributed by atoms with van der Waals surface area (Å²) in [4.78, 5) is 55.1. The van der Waals surface area contributed by atoms with Gasteiger partial charge >= 0.3 is 6.03 Å². The predicted molar refractivity (Wildman–Crippen MR) is 109 cm³/mol. The maximum absolute atomic E-state index is 13.0. The van der Waals surface area contributed by atoms with E-state index < -0.39 is 17.5 Å². The average molecular weight is 412 g/mol. The number of carbonyl (C=O) groups excluding carboxylic acids is 4. The van der Waals surface area contributed by atoms with Crippen LogP contribution < -0.4 is 5.32 Å². The van der Waals surface area contributed by atoms with E-state index in [1.165, 1.54) is 0 Å². The largest absolute Gasteiger partial charge is 0.339 e. The zero-order valence-corrected chi connectivity index (χ0v) is 17.5. The number of rotatable bonds is 4. The Balaban J connectivity index is 1.36. The number of aryl methyl sites for hydroxylation is 1. The second kappa shape index (κ2) is 7.74. The Hall–Kier alpha value is -2.90. The van der Waals surface area contributed by atoms with Gasteiger partial charge in [0.05, 0.1) is 0 Å². The van der Waals surface area contributed by atoms with Crippen molar-refractivity contribution in [2.24, 2.45) is 5.92 Å². The maximum Gasteiger partial charge on any atom is 0.325 e. The average Bonchev–Trinajstić information content (AvgIpc) is 2.91. The summed E-state index contributed by atoms with van der Waals surface area (Å²) in [6.07, 6.45) is 3.04. The van der Waals surface area contributed by atoms with Crippen molar-refractivity contribution < 1.29 is 19.2 Å². The molecule has 0 bridgehead atoms. The van der Waals surface area contributed by atoms with Crippen molar-refractivity contribution >= 4 is 23.8 Å². The lowest BCUT2D eigenvalue weighted by atomic mass is 9.84. The summed E-state index contributed by atoms with van der Waals surface area (Å²) >= 11 is 0. The van der Waals surface area contributed by atoms with E-state index in [-0.39, 0.29) is 24.3 Å². The summed E-state index contributed by atoms with van der Waals surface area (Å²) in [5.74, 6) is -0.361. The van der Waals surface area contributed by atoms with Gasteiger partial charge in [-0.2, -0.15) is 0 Å². The Morgan fingerprint density at radius 1 is 1.03 bits per heavy atom. The van der Waals surface area contributed by atoms with Crippen molar-refractivity contribution in [3.63, 3.8) is 0 Å². The highest BCUT2D eigenvalue weighted by Crippen LogP contribution is 2.30. The lowest BCUT2D eigenvalue weighted by Gasteiger charge is -2.38. The molecular formula is C22H28N4O4. The first-order chi connectivity index (χ1) is 14.3. The quantitative estimate of drug-likeness (QED) is 0.754. The number of nitrogens with one attached hydrogen (secondary N) is 1. The molecule has 1 atom stereocenters. The van der Waals surface area contributed by atoms with Crippen molar-refractivity contribution in [1.82, 2.24) is 20.0 Å². The van der Waals surface area contributed by atoms with Gasteiger partial charge in [-0.25, -0.2) is 4.79 Å². The van der Waals surface area contributed by atoms with E-state index in [1.807, 2.05) is 36.1 Å². The number of hydrogen-bond acceptors (Lipinski definition) is 4. The SMILES string of the molecule is Cc1ccc(C2(C)NC(=O)N(CC(=O)N3CCN(C(=O)C4CCC4)CC3)C2=O)cc1. The van der Waals surface area contributed by atoms with Crippen LogP contribution in [0.4, 0.5) is 4.79 Å². The molecule has 1 aromatic rings. The molecule has 30 heavy (non-hydrogen) atoms. The molecule has 8 heteroatoms. The Labute approximate surface area is 176 Å². The van der Waals surface area contributed by atoms with Crippen molar-refractivity contribution in [3.05, 3.63) is 35.4 Å².